The zero-order chi connectivity index (χ0) is 21.5. The molecule has 1 fully saturated rings. The van der Waals surface area contributed by atoms with Crippen molar-refractivity contribution in [2.24, 2.45) is 0 Å². The van der Waals surface area contributed by atoms with Crippen molar-refractivity contribution in [3.05, 3.63) is 53.6 Å². The summed E-state index contributed by atoms with van der Waals surface area (Å²) in [7, 11) is 2.09. The molecule has 1 atom stereocenters. The Bertz CT molecular complexity index is 813. The van der Waals surface area contributed by atoms with Crippen LogP contribution in [0.3, 0.4) is 0 Å². The topological polar surface area (TPSA) is 51.2 Å². The van der Waals surface area contributed by atoms with Gasteiger partial charge in [-0.2, -0.15) is 0 Å². The molecule has 30 heavy (non-hydrogen) atoms. The van der Waals surface area contributed by atoms with Crippen LogP contribution in [0.5, 0.6) is 17.2 Å². The number of carbonyl (C=O) groups is 1. The van der Waals surface area contributed by atoms with Crippen LogP contribution >= 0.6 is 0 Å². The summed E-state index contributed by atoms with van der Waals surface area (Å²) < 4.78 is 17.4. The van der Waals surface area contributed by atoms with Gasteiger partial charge in [-0.1, -0.05) is 30.3 Å². The van der Waals surface area contributed by atoms with Gasteiger partial charge in [-0.3, -0.25) is 4.79 Å². The SMILES string of the molecule is CCOc1cc(C(=O)N2CCN(C)C[C@@H]2c2ccccc2)cc(OCC)c1OCC. The molecule has 1 amide bonds. The molecule has 1 aliphatic heterocycles. The molecule has 6 nitrogen and oxygen atoms in total. The van der Waals surface area contributed by atoms with Crippen LogP contribution in [0.2, 0.25) is 0 Å². The van der Waals surface area contributed by atoms with Crippen molar-refractivity contribution in [1.29, 1.82) is 0 Å². The van der Waals surface area contributed by atoms with Crippen LogP contribution in [-0.4, -0.2) is 62.2 Å². The van der Waals surface area contributed by atoms with E-state index in [0.29, 0.717) is 49.2 Å². The van der Waals surface area contributed by atoms with Gasteiger partial charge in [0.25, 0.3) is 5.91 Å². The molecule has 0 radical (unpaired) electrons. The molecule has 1 aliphatic rings. The number of ether oxygens (including phenoxy) is 3. The normalized spacial score (nSPS) is 16.9. The highest BCUT2D eigenvalue weighted by Gasteiger charge is 2.32. The molecular weight excluding hydrogens is 380 g/mol. The maximum absolute atomic E-state index is 13.6. The maximum atomic E-state index is 13.6. The molecule has 0 N–H and O–H groups in total. The summed E-state index contributed by atoms with van der Waals surface area (Å²) in [5.74, 6) is 1.61. The van der Waals surface area contributed by atoms with Crippen LogP contribution in [0.15, 0.2) is 42.5 Å². The minimum absolute atomic E-state index is 0.00453. The van der Waals surface area contributed by atoms with Crippen molar-refractivity contribution >= 4 is 5.91 Å². The van der Waals surface area contributed by atoms with E-state index in [1.54, 1.807) is 12.1 Å². The first kappa shape index (κ1) is 22.0. The lowest BCUT2D eigenvalue weighted by molar-refractivity contribution is 0.0497. The Morgan fingerprint density at radius 3 is 2.10 bits per heavy atom. The van der Waals surface area contributed by atoms with E-state index in [0.717, 1.165) is 18.7 Å². The lowest BCUT2D eigenvalue weighted by Crippen LogP contribution is -2.49. The second kappa shape index (κ2) is 10.3. The molecule has 0 aliphatic carbocycles. The number of rotatable bonds is 8. The summed E-state index contributed by atoms with van der Waals surface area (Å²) in [6, 6.07) is 13.7. The first-order valence-electron chi connectivity index (χ1n) is 10.7. The second-order valence-corrected chi connectivity index (χ2v) is 7.29. The monoisotopic (exact) mass is 412 g/mol. The van der Waals surface area contributed by atoms with Gasteiger partial charge in [0, 0.05) is 25.2 Å². The number of nitrogens with zero attached hydrogens (tertiary/aromatic N) is 2. The molecule has 2 aromatic rings. The summed E-state index contributed by atoms with van der Waals surface area (Å²) in [6.45, 7) is 9.48. The number of amides is 1. The van der Waals surface area contributed by atoms with Crippen molar-refractivity contribution in [2.45, 2.75) is 26.8 Å². The molecule has 2 aromatic carbocycles. The molecular formula is C24H32N2O4. The maximum Gasteiger partial charge on any atom is 0.254 e. The number of carbonyl (C=O) groups excluding carboxylic acids is 1. The molecule has 0 spiro atoms. The van der Waals surface area contributed by atoms with E-state index >= 15 is 0 Å². The fourth-order valence-electron chi connectivity index (χ4n) is 3.80. The Kier molecular flexibility index (Phi) is 7.57. The average Bonchev–Trinajstić information content (AvgIpc) is 2.76. The van der Waals surface area contributed by atoms with Crippen LogP contribution in [0.25, 0.3) is 0 Å². The van der Waals surface area contributed by atoms with E-state index in [2.05, 4.69) is 24.1 Å². The quantitative estimate of drug-likeness (QED) is 0.656. The third kappa shape index (κ3) is 4.87. The Balaban J connectivity index is 1.99. The number of hydrogen-bond donors (Lipinski definition) is 0. The smallest absolute Gasteiger partial charge is 0.254 e. The number of likely N-dealkylation sites (N-methyl/N-ethyl adjacent to an activating group) is 1. The van der Waals surface area contributed by atoms with Gasteiger partial charge in [0.2, 0.25) is 5.75 Å². The standard InChI is InChI=1S/C24H32N2O4/c1-5-28-21-15-19(16-22(29-6-2)23(21)30-7-3)24(27)26-14-13-25(4)17-20(26)18-11-9-8-10-12-18/h8-12,15-16,20H,5-7,13-14,17H2,1-4H3/t20-/m1/s1. The van der Waals surface area contributed by atoms with Gasteiger partial charge in [0.1, 0.15) is 0 Å². The minimum Gasteiger partial charge on any atom is -0.490 e. The van der Waals surface area contributed by atoms with Crippen molar-refractivity contribution < 1.29 is 19.0 Å². The third-order valence-corrected chi connectivity index (χ3v) is 5.18. The van der Waals surface area contributed by atoms with Crippen molar-refractivity contribution in [3.8, 4) is 17.2 Å². The van der Waals surface area contributed by atoms with E-state index in [-0.39, 0.29) is 11.9 Å². The molecule has 0 bridgehead atoms. The fraction of sp³-hybridized carbons (Fsp3) is 0.458. The van der Waals surface area contributed by atoms with Crippen molar-refractivity contribution in [2.75, 3.05) is 46.5 Å². The molecule has 162 valence electrons. The first-order chi connectivity index (χ1) is 14.6. The lowest BCUT2D eigenvalue weighted by Gasteiger charge is -2.40. The van der Waals surface area contributed by atoms with Gasteiger partial charge in [-0.15, -0.1) is 0 Å². The first-order valence-corrected chi connectivity index (χ1v) is 10.7. The summed E-state index contributed by atoms with van der Waals surface area (Å²) >= 11 is 0. The molecule has 6 heteroatoms. The molecule has 1 heterocycles. The zero-order valence-electron chi connectivity index (χ0n) is 18.4. The van der Waals surface area contributed by atoms with E-state index in [9.17, 15) is 4.79 Å². The highest BCUT2D eigenvalue weighted by molar-refractivity contribution is 5.96. The summed E-state index contributed by atoms with van der Waals surface area (Å²) in [5, 5.41) is 0. The Morgan fingerprint density at radius 1 is 0.933 bits per heavy atom. The molecule has 0 saturated carbocycles. The molecule has 1 saturated heterocycles. The van der Waals surface area contributed by atoms with Crippen molar-refractivity contribution in [3.63, 3.8) is 0 Å². The summed E-state index contributed by atoms with van der Waals surface area (Å²) in [6.07, 6.45) is 0. The van der Waals surface area contributed by atoms with Crippen LogP contribution in [-0.2, 0) is 0 Å². The van der Waals surface area contributed by atoms with Gasteiger partial charge in [-0.25, -0.2) is 0 Å². The largest absolute Gasteiger partial charge is 0.490 e. The van der Waals surface area contributed by atoms with E-state index in [1.807, 2.05) is 43.9 Å². The average molecular weight is 413 g/mol. The highest BCUT2D eigenvalue weighted by atomic mass is 16.5. The summed E-state index contributed by atoms with van der Waals surface area (Å²) in [4.78, 5) is 17.8. The van der Waals surface area contributed by atoms with E-state index < -0.39 is 0 Å². The molecule has 3 rings (SSSR count). The van der Waals surface area contributed by atoms with Gasteiger partial charge >= 0.3 is 0 Å². The lowest BCUT2D eigenvalue weighted by atomic mass is 10.0. The highest BCUT2D eigenvalue weighted by Crippen LogP contribution is 2.40. The van der Waals surface area contributed by atoms with Gasteiger partial charge in [-0.05, 0) is 45.5 Å². The van der Waals surface area contributed by atoms with E-state index in [4.69, 9.17) is 14.2 Å². The van der Waals surface area contributed by atoms with Crippen LogP contribution < -0.4 is 14.2 Å². The number of hydrogen-bond acceptors (Lipinski definition) is 5. The Labute approximate surface area is 179 Å². The predicted molar refractivity (Wildman–Crippen MR) is 118 cm³/mol. The number of benzene rings is 2. The molecule has 0 aromatic heterocycles. The Hall–Kier alpha value is -2.73. The van der Waals surface area contributed by atoms with Crippen LogP contribution in [0.4, 0.5) is 0 Å². The fourth-order valence-corrected chi connectivity index (χ4v) is 3.80. The zero-order valence-corrected chi connectivity index (χ0v) is 18.4. The van der Waals surface area contributed by atoms with E-state index in [1.165, 1.54) is 0 Å². The third-order valence-electron chi connectivity index (χ3n) is 5.18. The summed E-state index contributed by atoms with van der Waals surface area (Å²) in [5.41, 5.74) is 1.69. The Morgan fingerprint density at radius 2 is 1.53 bits per heavy atom. The number of piperazine rings is 1. The minimum atomic E-state index is -0.0260. The van der Waals surface area contributed by atoms with Gasteiger partial charge in [0.05, 0.1) is 25.9 Å². The van der Waals surface area contributed by atoms with Gasteiger partial charge < -0.3 is 24.0 Å². The predicted octanol–water partition coefficient (Wildman–Crippen LogP) is 4.01. The second-order valence-electron chi connectivity index (χ2n) is 7.29. The van der Waals surface area contributed by atoms with Crippen molar-refractivity contribution in [1.82, 2.24) is 9.80 Å². The van der Waals surface area contributed by atoms with Crippen LogP contribution in [0, 0.1) is 0 Å². The van der Waals surface area contributed by atoms with Crippen LogP contribution in [0.1, 0.15) is 42.7 Å². The molecule has 0 unspecified atom stereocenters. The van der Waals surface area contributed by atoms with Gasteiger partial charge in [0.15, 0.2) is 11.5 Å².